The van der Waals surface area contributed by atoms with E-state index in [4.69, 9.17) is 0 Å². The lowest BCUT2D eigenvalue weighted by Crippen LogP contribution is -2.25. The summed E-state index contributed by atoms with van der Waals surface area (Å²) in [5, 5.41) is 0. The Hall–Kier alpha value is -2.62. The number of rotatable bonds is 3. The van der Waals surface area contributed by atoms with E-state index in [1.807, 2.05) is 58.1 Å². The van der Waals surface area contributed by atoms with Gasteiger partial charge < -0.3 is 9.30 Å². The van der Waals surface area contributed by atoms with Crippen LogP contribution in [0, 0.1) is 0 Å². The third kappa shape index (κ3) is 2.26. The fraction of sp³-hybridized carbons (Fsp3) is 0.222. The van der Waals surface area contributed by atoms with Crippen LogP contribution in [0.15, 0.2) is 60.9 Å². The zero-order valence-corrected chi connectivity index (χ0v) is 12.2. The maximum absolute atomic E-state index is 12.3. The number of fused-ring (bicyclic) bond motifs is 1. The number of carbonyl (C=O) groups is 1. The predicted octanol–water partition coefficient (Wildman–Crippen LogP) is 2.85. The van der Waals surface area contributed by atoms with Gasteiger partial charge in [-0.25, -0.2) is 4.98 Å². The van der Waals surface area contributed by atoms with Gasteiger partial charge in [0.2, 0.25) is 5.91 Å². The third-order valence-corrected chi connectivity index (χ3v) is 4.33. The number of nitrogens with zero attached hydrogens (tertiary/aromatic N) is 3. The van der Waals surface area contributed by atoms with Gasteiger partial charge in [0.1, 0.15) is 5.65 Å². The molecule has 110 valence electrons. The molecule has 0 spiro atoms. The maximum atomic E-state index is 12.3. The van der Waals surface area contributed by atoms with Crippen LogP contribution < -0.4 is 0 Å². The molecule has 3 aromatic rings. The summed E-state index contributed by atoms with van der Waals surface area (Å²) in [6.07, 6.45) is 4.45. The van der Waals surface area contributed by atoms with E-state index in [2.05, 4.69) is 17.1 Å². The maximum Gasteiger partial charge on any atom is 0.223 e. The van der Waals surface area contributed by atoms with Crippen LogP contribution in [0.4, 0.5) is 0 Å². The summed E-state index contributed by atoms with van der Waals surface area (Å²) >= 11 is 0. The number of imidazole rings is 1. The molecule has 1 amide bonds. The van der Waals surface area contributed by atoms with Gasteiger partial charge in [-0.15, -0.1) is 0 Å². The standard InChI is InChI=1S/C18H17N3O/c22-18-10-15(14-6-2-1-3-7-14)12-20(18)13-16-11-19-17-8-4-5-9-21(16)17/h1-9,11,15H,10,12-13H2. The lowest BCUT2D eigenvalue weighted by atomic mass is 9.99. The molecule has 1 aliphatic heterocycles. The minimum Gasteiger partial charge on any atom is -0.336 e. The normalized spacial score (nSPS) is 18.3. The van der Waals surface area contributed by atoms with Crippen LogP contribution in [-0.2, 0) is 11.3 Å². The highest BCUT2D eigenvalue weighted by atomic mass is 16.2. The predicted molar refractivity (Wildman–Crippen MR) is 84.4 cm³/mol. The lowest BCUT2D eigenvalue weighted by Gasteiger charge is -2.16. The van der Waals surface area contributed by atoms with E-state index in [0.29, 0.717) is 18.9 Å². The number of amides is 1. The van der Waals surface area contributed by atoms with Gasteiger partial charge in [-0.3, -0.25) is 4.79 Å². The van der Waals surface area contributed by atoms with Gasteiger partial charge in [0.25, 0.3) is 0 Å². The van der Waals surface area contributed by atoms with Crippen molar-refractivity contribution in [3.05, 3.63) is 72.2 Å². The number of pyridine rings is 1. The Labute approximate surface area is 129 Å². The minimum atomic E-state index is 0.222. The van der Waals surface area contributed by atoms with Gasteiger partial charge in [-0.2, -0.15) is 0 Å². The van der Waals surface area contributed by atoms with Gasteiger partial charge in [0.15, 0.2) is 0 Å². The van der Waals surface area contributed by atoms with E-state index in [1.54, 1.807) is 0 Å². The number of carbonyl (C=O) groups excluding carboxylic acids is 1. The van der Waals surface area contributed by atoms with E-state index < -0.39 is 0 Å². The van der Waals surface area contributed by atoms with Gasteiger partial charge >= 0.3 is 0 Å². The number of aromatic nitrogens is 2. The molecule has 0 bridgehead atoms. The van der Waals surface area contributed by atoms with Gasteiger partial charge in [0.05, 0.1) is 18.4 Å². The van der Waals surface area contributed by atoms with Crippen molar-refractivity contribution in [1.29, 1.82) is 0 Å². The van der Waals surface area contributed by atoms with Crippen LogP contribution in [0.1, 0.15) is 23.6 Å². The highest BCUT2D eigenvalue weighted by Gasteiger charge is 2.30. The molecule has 3 heterocycles. The molecule has 1 aliphatic rings. The Morgan fingerprint density at radius 2 is 1.91 bits per heavy atom. The van der Waals surface area contributed by atoms with Crippen LogP contribution in [-0.4, -0.2) is 26.7 Å². The summed E-state index contributed by atoms with van der Waals surface area (Å²) in [4.78, 5) is 18.6. The SMILES string of the molecule is O=C1CC(c2ccccc2)CN1Cc1cnc2ccccn12. The second-order valence-corrected chi connectivity index (χ2v) is 5.76. The molecule has 0 aliphatic carbocycles. The van der Waals surface area contributed by atoms with Gasteiger partial charge in [0, 0.05) is 25.1 Å². The van der Waals surface area contributed by atoms with Crippen molar-refractivity contribution >= 4 is 11.6 Å². The van der Waals surface area contributed by atoms with Crippen LogP contribution in [0.3, 0.4) is 0 Å². The first kappa shape index (κ1) is 13.1. The Morgan fingerprint density at radius 1 is 1.09 bits per heavy atom. The van der Waals surface area contributed by atoms with Crippen molar-refractivity contribution in [2.45, 2.75) is 18.9 Å². The molecular formula is C18H17N3O. The molecule has 1 unspecified atom stereocenters. The quantitative estimate of drug-likeness (QED) is 0.744. The van der Waals surface area contributed by atoms with E-state index in [1.165, 1.54) is 5.56 Å². The zero-order valence-electron chi connectivity index (χ0n) is 12.2. The molecule has 0 N–H and O–H groups in total. The molecule has 1 saturated heterocycles. The lowest BCUT2D eigenvalue weighted by molar-refractivity contribution is -0.128. The Bertz CT molecular complexity index is 809. The summed E-state index contributed by atoms with van der Waals surface area (Å²) < 4.78 is 2.04. The molecular weight excluding hydrogens is 274 g/mol. The monoisotopic (exact) mass is 291 g/mol. The summed E-state index contributed by atoms with van der Waals surface area (Å²) in [6.45, 7) is 1.40. The average Bonchev–Trinajstić information content (AvgIpc) is 3.13. The molecule has 0 saturated carbocycles. The molecule has 4 heteroatoms. The first-order valence-corrected chi connectivity index (χ1v) is 7.55. The molecule has 1 atom stereocenters. The second kappa shape index (κ2) is 5.30. The number of benzene rings is 1. The molecule has 1 aromatic carbocycles. The Kier molecular flexibility index (Phi) is 3.15. The smallest absolute Gasteiger partial charge is 0.223 e. The zero-order chi connectivity index (χ0) is 14.9. The molecule has 0 radical (unpaired) electrons. The number of likely N-dealkylation sites (tertiary alicyclic amines) is 1. The summed E-state index contributed by atoms with van der Waals surface area (Å²) in [5.74, 6) is 0.521. The Morgan fingerprint density at radius 3 is 2.77 bits per heavy atom. The van der Waals surface area contributed by atoms with Crippen molar-refractivity contribution < 1.29 is 4.79 Å². The van der Waals surface area contributed by atoms with Crippen LogP contribution in [0.5, 0.6) is 0 Å². The van der Waals surface area contributed by atoms with Crippen LogP contribution in [0.2, 0.25) is 0 Å². The largest absolute Gasteiger partial charge is 0.336 e. The second-order valence-electron chi connectivity index (χ2n) is 5.76. The van der Waals surface area contributed by atoms with E-state index in [0.717, 1.165) is 17.9 Å². The molecule has 1 fully saturated rings. The Balaban J connectivity index is 1.55. The fourth-order valence-electron chi connectivity index (χ4n) is 3.17. The highest BCUT2D eigenvalue weighted by molar-refractivity contribution is 5.79. The van der Waals surface area contributed by atoms with Crippen LogP contribution >= 0.6 is 0 Å². The summed E-state index contributed by atoms with van der Waals surface area (Å²) in [6, 6.07) is 16.2. The van der Waals surface area contributed by atoms with Crippen molar-refractivity contribution in [2.24, 2.45) is 0 Å². The van der Waals surface area contributed by atoms with Gasteiger partial charge in [-0.05, 0) is 17.7 Å². The third-order valence-electron chi connectivity index (χ3n) is 4.33. The highest BCUT2D eigenvalue weighted by Crippen LogP contribution is 2.29. The molecule has 4 nitrogen and oxygen atoms in total. The van der Waals surface area contributed by atoms with Crippen molar-refractivity contribution in [3.8, 4) is 0 Å². The number of hydrogen-bond donors (Lipinski definition) is 0. The molecule has 2 aromatic heterocycles. The average molecular weight is 291 g/mol. The summed E-state index contributed by atoms with van der Waals surface area (Å²) in [5.41, 5.74) is 3.22. The first-order valence-electron chi connectivity index (χ1n) is 7.55. The van der Waals surface area contributed by atoms with Gasteiger partial charge in [-0.1, -0.05) is 36.4 Å². The van der Waals surface area contributed by atoms with E-state index >= 15 is 0 Å². The van der Waals surface area contributed by atoms with Crippen molar-refractivity contribution in [2.75, 3.05) is 6.54 Å². The summed E-state index contributed by atoms with van der Waals surface area (Å²) in [7, 11) is 0. The fourth-order valence-corrected chi connectivity index (χ4v) is 3.17. The van der Waals surface area contributed by atoms with Crippen molar-refractivity contribution in [1.82, 2.24) is 14.3 Å². The topological polar surface area (TPSA) is 37.6 Å². The first-order chi connectivity index (χ1) is 10.8. The van der Waals surface area contributed by atoms with Crippen LogP contribution in [0.25, 0.3) is 5.65 Å². The van der Waals surface area contributed by atoms with E-state index in [-0.39, 0.29) is 5.91 Å². The minimum absolute atomic E-state index is 0.222. The molecule has 4 rings (SSSR count). The molecule has 22 heavy (non-hydrogen) atoms. The van der Waals surface area contributed by atoms with E-state index in [9.17, 15) is 4.79 Å². The number of hydrogen-bond acceptors (Lipinski definition) is 2. The van der Waals surface area contributed by atoms with Crippen molar-refractivity contribution in [3.63, 3.8) is 0 Å².